The molecule has 3 heteroatoms. The molecule has 0 radical (unpaired) electrons. The number of aromatic nitrogens is 1. The molecule has 1 rings (SSSR count). The van der Waals surface area contributed by atoms with Crippen LogP contribution in [0.25, 0.3) is 0 Å². The first-order chi connectivity index (χ1) is 7.63. The Kier molecular flexibility index (Phi) is 4.70. The number of rotatable bonds is 5. The summed E-state index contributed by atoms with van der Waals surface area (Å²) in [5.41, 5.74) is 2.03. The maximum absolute atomic E-state index is 11.6. The van der Waals surface area contributed by atoms with Gasteiger partial charge in [0.25, 0.3) is 0 Å². The number of carbonyl (C=O) groups is 1. The second-order valence-corrected chi connectivity index (χ2v) is 3.95. The number of carbonyl (C=O) groups excluding carboxylic acids is 1. The average molecular weight is 219 g/mol. The third kappa shape index (κ3) is 3.85. The first kappa shape index (κ1) is 12.4. The number of esters is 1. The quantitative estimate of drug-likeness (QED) is 0.564. The van der Waals surface area contributed by atoms with Crippen LogP contribution in [0.1, 0.15) is 18.9 Å². The molecular formula is C13H17NO2. The standard InChI is InChI=1S/C13H17NO2/c1-10(2)7-12(13(15)16-3)8-11-5-4-6-14-9-11/h4-6,9,12H,1,7-8H2,2-3H3. The number of nitrogens with zero attached hydrogens (tertiary/aromatic N) is 1. The molecule has 1 atom stereocenters. The second kappa shape index (κ2) is 6.05. The molecule has 0 aromatic carbocycles. The van der Waals surface area contributed by atoms with Crippen molar-refractivity contribution in [3.63, 3.8) is 0 Å². The first-order valence-corrected chi connectivity index (χ1v) is 5.24. The highest BCUT2D eigenvalue weighted by atomic mass is 16.5. The summed E-state index contributed by atoms with van der Waals surface area (Å²) in [6.07, 6.45) is 4.79. The van der Waals surface area contributed by atoms with Crippen LogP contribution in [0.3, 0.4) is 0 Å². The molecule has 0 saturated carbocycles. The van der Waals surface area contributed by atoms with Gasteiger partial charge in [0.05, 0.1) is 13.0 Å². The molecule has 0 aliphatic heterocycles. The van der Waals surface area contributed by atoms with Gasteiger partial charge in [-0.1, -0.05) is 11.6 Å². The molecular weight excluding hydrogens is 202 g/mol. The van der Waals surface area contributed by atoms with Gasteiger partial charge in [-0.15, -0.1) is 6.58 Å². The normalized spacial score (nSPS) is 11.9. The molecule has 1 aromatic heterocycles. The highest BCUT2D eigenvalue weighted by molar-refractivity contribution is 5.73. The lowest BCUT2D eigenvalue weighted by atomic mass is 9.94. The van der Waals surface area contributed by atoms with Crippen molar-refractivity contribution in [1.29, 1.82) is 0 Å². The van der Waals surface area contributed by atoms with Gasteiger partial charge >= 0.3 is 5.97 Å². The van der Waals surface area contributed by atoms with Gasteiger partial charge in [0.15, 0.2) is 0 Å². The number of hydrogen-bond donors (Lipinski definition) is 0. The van der Waals surface area contributed by atoms with E-state index in [0.29, 0.717) is 12.8 Å². The summed E-state index contributed by atoms with van der Waals surface area (Å²) in [7, 11) is 1.41. The maximum Gasteiger partial charge on any atom is 0.309 e. The predicted molar refractivity (Wildman–Crippen MR) is 62.9 cm³/mol. The molecule has 3 nitrogen and oxygen atoms in total. The molecule has 1 heterocycles. The second-order valence-electron chi connectivity index (χ2n) is 3.95. The van der Waals surface area contributed by atoms with Gasteiger partial charge in [0.2, 0.25) is 0 Å². The Hall–Kier alpha value is -1.64. The van der Waals surface area contributed by atoms with Crippen molar-refractivity contribution in [2.24, 2.45) is 5.92 Å². The molecule has 0 aliphatic rings. The van der Waals surface area contributed by atoms with Crippen LogP contribution in [0, 0.1) is 5.92 Å². The number of methoxy groups -OCH3 is 1. The molecule has 1 aromatic rings. The predicted octanol–water partition coefficient (Wildman–Crippen LogP) is 2.38. The Balaban J connectivity index is 2.70. The fourth-order valence-electron chi connectivity index (χ4n) is 1.63. The molecule has 0 saturated heterocycles. The van der Waals surface area contributed by atoms with Crippen molar-refractivity contribution in [3.8, 4) is 0 Å². The van der Waals surface area contributed by atoms with Gasteiger partial charge in [0, 0.05) is 12.4 Å². The number of hydrogen-bond acceptors (Lipinski definition) is 3. The molecule has 0 bridgehead atoms. The van der Waals surface area contributed by atoms with E-state index in [0.717, 1.165) is 11.1 Å². The summed E-state index contributed by atoms with van der Waals surface area (Å²) in [5.74, 6) is -0.349. The van der Waals surface area contributed by atoms with E-state index in [-0.39, 0.29) is 11.9 Å². The molecule has 0 spiro atoms. The highest BCUT2D eigenvalue weighted by Crippen LogP contribution is 2.17. The minimum absolute atomic E-state index is 0.160. The third-order valence-electron chi connectivity index (χ3n) is 2.33. The molecule has 0 amide bonds. The van der Waals surface area contributed by atoms with Crippen LogP contribution in [-0.4, -0.2) is 18.1 Å². The monoisotopic (exact) mass is 219 g/mol. The van der Waals surface area contributed by atoms with Gasteiger partial charge in [-0.2, -0.15) is 0 Å². The van der Waals surface area contributed by atoms with Gasteiger partial charge in [0.1, 0.15) is 0 Å². The maximum atomic E-state index is 11.6. The summed E-state index contributed by atoms with van der Waals surface area (Å²) in [4.78, 5) is 15.6. The zero-order chi connectivity index (χ0) is 12.0. The van der Waals surface area contributed by atoms with Gasteiger partial charge in [-0.3, -0.25) is 9.78 Å². The summed E-state index contributed by atoms with van der Waals surface area (Å²) >= 11 is 0. The zero-order valence-electron chi connectivity index (χ0n) is 9.77. The third-order valence-corrected chi connectivity index (χ3v) is 2.33. The molecule has 1 unspecified atom stereocenters. The number of pyridine rings is 1. The Morgan fingerprint density at radius 1 is 1.62 bits per heavy atom. The van der Waals surface area contributed by atoms with Crippen molar-refractivity contribution >= 4 is 5.97 Å². The lowest BCUT2D eigenvalue weighted by Gasteiger charge is -2.14. The topological polar surface area (TPSA) is 39.2 Å². The van der Waals surface area contributed by atoms with Crippen LogP contribution in [0.4, 0.5) is 0 Å². The van der Waals surface area contributed by atoms with E-state index in [2.05, 4.69) is 11.6 Å². The summed E-state index contributed by atoms with van der Waals surface area (Å²) in [6, 6.07) is 3.83. The van der Waals surface area contributed by atoms with E-state index in [9.17, 15) is 4.79 Å². The lowest BCUT2D eigenvalue weighted by molar-refractivity contribution is -0.145. The van der Waals surface area contributed by atoms with Crippen LogP contribution < -0.4 is 0 Å². The fraction of sp³-hybridized carbons (Fsp3) is 0.385. The molecule has 0 fully saturated rings. The summed E-state index contributed by atoms with van der Waals surface area (Å²) in [6.45, 7) is 5.75. The SMILES string of the molecule is C=C(C)CC(Cc1cccnc1)C(=O)OC. The van der Waals surface area contributed by atoms with Crippen molar-refractivity contribution in [2.45, 2.75) is 19.8 Å². The highest BCUT2D eigenvalue weighted by Gasteiger charge is 2.19. The van der Waals surface area contributed by atoms with E-state index < -0.39 is 0 Å². The summed E-state index contributed by atoms with van der Waals surface area (Å²) in [5, 5.41) is 0. The Bertz CT molecular complexity index is 359. The smallest absolute Gasteiger partial charge is 0.309 e. The summed E-state index contributed by atoms with van der Waals surface area (Å²) < 4.78 is 4.78. The van der Waals surface area contributed by atoms with E-state index in [1.807, 2.05) is 19.1 Å². The Labute approximate surface area is 96.2 Å². The van der Waals surface area contributed by atoms with Crippen molar-refractivity contribution in [2.75, 3.05) is 7.11 Å². The van der Waals surface area contributed by atoms with E-state index in [1.54, 1.807) is 12.4 Å². The van der Waals surface area contributed by atoms with Gasteiger partial charge < -0.3 is 4.74 Å². The minimum atomic E-state index is -0.188. The van der Waals surface area contributed by atoms with Crippen LogP contribution in [-0.2, 0) is 16.0 Å². The first-order valence-electron chi connectivity index (χ1n) is 5.24. The van der Waals surface area contributed by atoms with E-state index >= 15 is 0 Å². The van der Waals surface area contributed by atoms with E-state index in [1.165, 1.54) is 7.11 Å². The van der Waals surface area contributed by atoms with Crippen LogP contribution in [0.2, 0.25) is 0 Å². The largest absolute Gasteiger partial charge is 0.469 e. The van der Waals surface area contributed by atoms with Gasteiger partial charge in [-0.05, 0) is 31.4 Å². The Morgan fingerprint density at radius 2 is 2.38 bits per heavy atom. The zero-order valence-corrected chi connectivity index (χ0v) is 9.77. The van der Waals surface area contributed by atoms with Crippen molar-refractivity contribution in [3.05, 3.63) is 42.2 Å². The number of ether oxygens (including phenoxy) is 1. The van der Waals surface area contributed by atoms with Crippen LogP contribution in [0.5, 0.6) is 0 Å². The molecule has 86 valence electrons. The lowest BCUT2D eigenvalue weighted by Crippen LogP contribution is -2.19. The van der Waals surface area contributed by atoms with Crippen LogP contribution >= 0.6 is 0 Å². The minimum Gasteiger partial charge on any atom is -0.469 e. The average Bonchev–Trinajstić information content (AvgIpc) is 2.28. The fourth-order valence-corrected chi connectivity index (χ4v) is 1.63. The van der Waals surface area contributed by atoms with Gasteiger partial charge in [-0.25, -0.2) is 0 Å². The van der Waals surface area contributed by atoms with Crippen molar-refractivity contribution in [1.82, 2.24) is 4.98 Å². The van der Waals surface area contributed by atoms with E-state index in [4.69, 9.17) is 4.74 Å². The van der Waals surface area contributed by atoms with Crippen LogP contribution in [0.15, 0.2) is 36.7 Å². The Morgan fingerprint density at radius 3 is 2.88 bits per heavy atom. The molecule has 0 aliphatic carbocycles. The van der Waals surface area contributed by atoms with Crippen molar-refractivity contribution < 1.29 is 9.53 Å². The molecule has 0 N–H and O–H groups in total. The number of allylic oxidation sites excluding steroid dienone is 1. The molecule has 16 heavy (non-hydrogen) atoms.